The molecule has 0 spiro atoms. The highest BCUT2D eigenvalue weighted by Gasteiger charge is 1.98. The molecule has 0 aliphatic heterocycles. The number of hydrogen-bond donors (Lipinski definition) is 1. The molecule has 102 valence electrons. The van der Waals surface area contributed by atoms with E-state index in [0.29, 0.717) is 0 Å². The van der Waals surface area contributed by atoms with Gasteiger partial charge < -0.3 is 0 Å². The molecule has 0 saturated carbocycles. The maximum Gasteiger partial charge on any atom is 0.268 e. The zero-order valence-electron chi connectivity index (χ0n) is 10.9. The summed E-state index contributed by atoms with van der Waals surface area (Å²) in [4.78, 5) is 0. The second-order valence-corrected chi connectivity index (χ2v) is 5.98. The van der Waals surface area contributed by atoms with Crippen molar-refractivity contribution in [3.05, 3.63) is 12.2 Å². The van der Waals surface area contributed by atoms with Gasteiger partial charge in [0, 0.05) is 0 Å². The Balaban J connectivity index is 3.18. The first-order valence-electron chi connectivity index (χ1n) is 6.66. The fourth-order valence-corrected chi connectivity index (χ4v) is 2.08. The third-order valence-electron chi connectivity index (χ3n) is 2.70. The summed E-state index contributed by atoms with van der Waals surface area (Å²) in [5, 5.41) is 0. The van der Waals surface area contributed by atoms with Crippen molar-refractivity contribution in [1.82, 2.24) is 0 Å². The van der Waals surface area contributed by atoms with Crippen LogP contribution in [0.4, 0.5) is 0 Å². The zero-order valence-corrected chi connectivity index (χ0v) is 11.7. The van der Waals surface area contributed by atoms with E-state index in [1.807, 2.05) is 6.08 Å². The standard InChI is InChI=1S/C13H26O3S/c1-2-3-4-5-6-7-8-9-10-11-12-13-17(14,15)16/h11-12H,2-10,13H2,1H3,(H,14,15,16). The molecule has 17 heavy (non-hydrogen) atoms. The van der Waals surface area contributed by atoms with Crippen LogP contribution in [0.5, 0.6) is 0 Å². The predicted octanol–water partition coefficient (Wildman–Crippen LogP) is 3.96. The summed E-state index contributed by atoms with van der Waals surface area (Å²) in [5.41, 5.74) is 0. The Morgan fingerprint density at radius 2 is 1.41 bits per heavy atom. The number of hydrogen-bond acceptors (Lipinski definition) is 2. The van der Waals surface area contributed by atoms with E-state index in [-0.39, 0.29) is 5.75 Å². The highest BCUT2D eigenvalue weighted by atomic mass is 32.2. The van der Waals surface area contributed by atoms with Gasteiger partial charge in [-0.15, -0.1) is 0 Å². The quantitative estimate of drug-likeness (QED) is 0.348. The lowest BCUT2D eigenvalue weighted by atomic mass is 10.1. The Labute approximate surface area is 106 Å². The summed E-state index contributed by atoms with van der Waals surface area (Å²) in [6.45, 7) is 2.22. The first-order chi connectivity index (χ1) is 8.06. The van der Waals surface area contributed by atoms with Gasteiger partial charge in [-0.2, -0.15) is 8.42 Å². The Morgan fingerprint density at radius 3 is 1.94 bits per heavy atom. The molecule has 0 unspecified atom stereocenters. The van der Waals surface area contributed by atoms with E-state index in [1.165, 1.54) is 51.0 Å². The van der Waals surface area contributed by atoms with Crippen LogP contribution in [-0.4, -0.2) is 18.7 Å². The normalized spacial score (nSPS) is 12.4. The minimum atomic E-state index is -3.82. The Kier molecular flexibility index (Phi) is 10.6. The van der Waals surface area contributed by atoms with Crippen molar-refractivity contribution in [1.29, 1.82) is 0 Å². The third-order valence-corrected chi connectivity index (χ3v) is 3.31. The molecule has 0 aromatic carbocycles. The van der Waals surface area contributed by atoms with E-state index in [1.54, 1.807) is 0 Å². The van der Waals surface area contributed by atoms with Gasteiger partial charge in [-0.05, 0) is 12.8 Å². The molecule has 0 heterocycles. The summed E-state index contributed by atoms with van der Waals surface area (Å²) in [7, 11) is -3.82. The van der Waals surface area contributed by atoms with Crippen LogP contribution < -0.4 is 0 Å². The van der Waals surface area contributed by atoms with Gasteiger partial charge in [-0.1, -0.05) is 64.0 Å². The monoisotopic (exact) mass is 262 g/mol. The highest BCUT2D eigenvalue weighted by Crippen LogP contribution is 2.09. The molecule has 0 amide bonds. The molecule has 0 aromatic rings. The molecule has 0 rings (SSSR count). The van der Waals surface area contributed by atoms with Crippen molar-refractivity contribution in [3.63, 3.8) is 0 Å². The van der Waals surface area contributed by atoms with E-state index in [9.17, 15) is 8.42 Å². The summed E-state index contributed by atoms with van der Waals surface area (Å²) in [6, 6.07) is 0. The molecule has 0 saturated heterocycles. The first-order valence-corrected chi connectivity index (χ1v) is 8.27. The second-order valence-electron chi connectivity index (χ2n) is 4.48. The fourth-order valence-electron chi connectivity index (χ4n) is 1.70. The summed E-state index contributed by atoms with van der Waals surface area (Å²) in [6.07, 6.45) is 14.5. The lowest BCUT2D eigenvalue weighted by molar-refractivity contribution is 0.486. The second kappa shape index (κ2) is 10.8. The Bertz CT molecular complexity index is 281. The van der Waals surface area contributed by atoms with Crippen molar-refractivity contribution in [2.75, 3.05) is 5.75 Å². The van der Waals surface area contributed by atoms with Crippen LogP contribution in [-0.2, 0) is 10.1 Å². The molecule has 0 atom stereocenters. The first kappa shape index (κ1) is 16.6. The van der Waals surface area contributed by atoms with Gasteiger partial charge in [-0.3, -0.25) is 4.55 Å². The third kappa shape index (κ3) is 15.6. The van der Waals surface area contributed by atoms with Crippen LogP contribution in [0.25, 0.3) is 0 Å². The van der Waals surface area contributed by atoms with E-state index in [0.717, 1.165) is 12.8 Å². The molecule has 0 aliphatic carbocycles. The maximum atomic E-state index is 10.4. The zero-order chi connectivity index (χ0) is 13.0. The lowest BCUT2D eigenvalue weighted by Gasteiger charge is -1.99. The van der Waals surface area contributed by atoms with Crippen LogP contribution in [0.15, 0.2) is 12.2 Å². The largest absolute Gasteiger partial charge is 0.285 e. The molecule has 1 N–H and O–H groups in total. The molecule has 0 radical (unpaired) electrons. The molecule has 3 nitrogen and oxygen atoms in total. The van der Waals surface area contributed by atoms with Crippen LogP contribution in [0, 0.1) is 0 Å². The summed E-state index contributed by atoms with van der Waals surface area (Å²) < 4.78 is 29.3. The smallest absolute Gasteiger partial charge is 0.268 e. The van der Waals surface area contributed by atoms with Gasteiger partial charge in [0.15, 0.2) is 0 Å². The molecule has 0 bridgehead atoms. The number of allylic oxidation sites excluding steroid dienone is 1. The Hall–Kier alpha value is -0.350. The minimum Gasteiger partial charge on any atom is -0.285 e. The number of unbranched alkanes of at least 4 members (excludes halogenated alkanes) is 8. The van der Waals surface area contributed by atoms with E-state index in [2.05, 4.69) is 6.92 Å². The van der Waals surface area contributed by atoms with Crippen molar-refractivity contribution >= 4 is 10.1 Å². The van der Waals surface area contributed by atoms with Crippen molar-refractivity contribution < 1.29 is 13.0 Å². The van der Waals surface area contributed by atoms with E-state index < -0.39 is 10.1 Å². The van der Waals surface area contributed by atoms with Crippen molar-refractivity contribution in [3.8, 4) is 0 Å². The maximum absolute atomic E-state index is 10.4. The SMILES string of the molecule is CCCCCCCCCCC=CCS(=O)(=O)O. The lowest BCUT2D eigenvalue weighted by Crippen LogP contribution is -1.99. The van der Waals surface area contributed by atoms with Crippen LogP contribution in [0.3, 0.4) is 0 Å². The van der Waals surface area contributed by atoms with Gasteiger partial charge in [0.1, 0.15) is 0 Å². The molecular formula is C13H26O3S. The average Bonchev–Trinajstić information content (AvgIpc) is 2.24. The summed E-state index contributed by atoms with van der Waals surface area (Å²) >= 11 is 0. The van der Waals surface area contributed by atoms with Gasteiger partial charge >= 0.3 is 0 Å². The minimum absolute atomic E-state index is 0.260. The van der Waals surface area contributed by atoms with Gasteiger partial charge in [0.25, 0.3) is 10.1 Å². The molecule has 0 aliphatic rings. The van der Waals surface area contributed by atoms with E-state index >= 15 is 0 Å². The summed E-state index contributed by atoms with van der Waals surface area (Å²) in [5.74, 6) is -0.260. The average molecular weight is 262 g/mol. The predicted molar refractivity (Wildman–Crippen MR) is 72.8 cm³/mol. The van der Waals surface area contributed by atoms with Crippen molar-refractivity contribution in [2.45, 2.75) is 64.7 Å². The van der Waals surface area contributed by atoms with E-state index in [4.69, 9.17) is 4.55 Å². The number of rotatable bonds is 11. The molecular weight excluding hydrogens is 236 g/mol. The topological polar surface area (TPSA) is 54.4 Å². The Morgan fingerprint density at radius 1 is 0.882 bits per heavy atom. The van der Waals surface area contributed by atoms with Gasteiger partial charge in [-0.25, -0.2) is 0 Å². The van der Waals surface area contributed by atoms with Crippen LogP contribution in [0.2, 0.25) is 0 Å². The van der Waals surface area contributed by atoms with Crippen LogP contribution >= 0.6 is 0 Å². The molecule has 4 heteroatoms. The van der Waals surface area contributed by atoms with Gasteiger partial charge in [0.05, 0.1) is 5.75 Å². The molecule has 0 aromatic heterocycles. The molecule has 0 fully saturated rings. The highest BCUT2D eigenvalue weighted by molar-refractivity contribution is 7.85. The van der Waals surface area contributed by atoms with Gasteiger partial charge in [0.2, 0.25) is 0 Å². The fraction of sp³-hybridized carbons (Fsp3) is 0.846. The van der Waals surface area contributed by atoms with Crippen molar-refractivity contribution in [2.24, 2.45) is 0 Å². The van der Waals surface area contributed by atoms with Crippen LogP contribution in [0.1, 0.15) is 64.7 Å².